The summed E-state index contributed by atoms with van der Waals surface area (Å²) in [5.41, 5.74) is 1.59. The summed E-state index contributed by atoms with van der Waals surface area (Å²) in [5, 5.41) is 10.1. The van der Waals surface area contributed by atoms with Gasteiger partial charge in [-0.05, 0) is 13.8 Å². The minimum Gasteiger partial charge on any atom is -0.338 e. The van der Waals surface area contributed by atoms with Gasteiger partial charge in [0.2, 0.25) is 11.8 Å². The van der Waals surface area contributed by atoms with Crippen molar-refractivity contribution in [3.8, 4) is 11.3 Å². The molecule has 0 radical (unpaired) electrons. The molecule has 1 aromatic heterocycles. The fourth-order valence-corrected chi connectivity index (χ4v) is 4.02. The lowest BCUT2D eigenvalue weighted by molar-refractivity contribution is -0.136. The number of aromatic nitrogens is 1. The van der Waals surface area contributed by atoms with Gasteiger partial charge in [0.1, 0.15) is 5.69 Å². The molecule has 0 unspecified atom stereocenters. The van der Waals surface area contributed by atoms with Crippen molar-refractivity contribution >= 4 is 17.8 Å². The Morgan fingerprint density at radius 1 is 1.10 bits per heavy atom. The molecule has 1 aromatic carbocycles. The normalized spacial score (nSPS) is 20.2. The summed E-state index contributed by atoms with van der Waals surface area (Å²) in [4.78, 5) is 31.4. The van der Waals surface area contributed by atoms with Crippen LogP contribution in [0.4, 0.5) is 10.7 Å². The second-order valence-electron chi connectivity index (χ2n) is 8.28. The molecule has 2 N–H and O–H groups in total. The van der Waals surface area contributed by atoms with Gasteiger partial charge in [0.15, 0.2) is 0 Å². The van der Waals surface area contributed by atoms with E-state index in [2.05, 4.69) is 34.5 Å². The van der Waals surface area contributed by atoms with Crippen molar-refractivity contribution in [1.82, 2.24) is 25.2 Å². The maximum Gasteiger partial charge on any atom is 0.324 e. The number of piperazine rings is 2. The van der Waals surface area contributed by atoms with Crippen LogP contribution >= 0.6 is 0 Å². The van der Waals surface area contributed by atoms with Crippen LogP contribution in [0.5, 0.6) is 0 Å². The van der Waals surface area contributed by atoms with Gasteiger partial charge in [-0.1, -0.05) is 35.5 Å². The van der Waals surface area contributed by atoms with Gasteiger partial charge in [-0.2, -0.15) is 0 Å². The fourth-order valence-electron chi connectivity index (χ4n) is 4.02. The Hall–Kier alpha value is -2.91. The predicted octanol–water partition coefficient (Wildman–Crippen LogP) is 1.70. The molecule has 2 aromatic rings. The van der Waals surface area contributed by atoms with Gasteiger partial charge in [-0.25, -0.2) is 4.79 Å². The van der Waals surface area contributed by atoms with Gasteiger partial charge in [-0.3, -0.25) is 15.0 Å². The molecule has 0 aliphatic carbocycles. The first-order valence-corrected chi connectivity index (χ1v) is 10.9. The van der Waals surface area contributed by atoms with Crippen LogP contribution in [0.15, 0.2) is 40.9 Å². The lowest BCUT2D eigenvalue weighted by Gasteiger charge is -2.40. The molecule has 4 rings (SSSR count). The molecule has 31 heavy (non-hydrogen) atoms. The van der Waals surface area contributed by atoms with Crippen molar-refractivity contribution in [3.05, 3.63) is 36.4 Å². The van der Waals surface area contributed by atoms with Crippen molar-refractivity contribution in [1.29, 1.82) is 0 Å². The summed E-state index contributed by atoms with van der Waals surface area (Å²) in [6.45, 7) is 8.84. The molecule has 9 heteroatoms. The summed E-state index contributed by atoms with van der Waals surface area (Å²) >= 11 is 0. The van der Waals surface area contributed by atoms with Crippen molar-refractivity contribution in [2.75, 3.05) is 51.1 Å². The van der Waals surface area contributed by atoms with Crippen LogP contribution in [0.3, 0.4) is 0 Å². The second-order valence-corrected chi connectivity index (χ2v) is 8.28. The zero-order valence-electron chi connectivity index (χ0n) is 18.1. The van der Waals surface area contributed by atoms with E-state index in [0.717, 1.165) is 25.2 Å². The van der Waals surface area contributed by atoms with Crippen LogP contribution in [0.2, 0.25) is 0 Å². The first-order chi connectivity index (χ1) is 15.0. The molecule has 3 heterocycles. The van der Waals surface area contributed by atoms with E-state index in [1.165, 1.54) is 0 Å². The Labute approximate surface area is 182 Å². The van der Waals surface area contributed by atoms with Gasteiger partial charge in [0, 0.05) is 63.5 Å². The van der Waals surface area contributed by atoms with Gasteiger partial charge in [-0.15, -0.1) is 0 Å². The third kappa shape index (κ3) is 5.05. The topological polar surface area (TPSA) is 94.0 Å². The first-order valence-electron chi connectivity index (χ1n) is 10.9. The number of hydrogen-bond acceptors (Lipinski definition) is 6. The van der Waals surface area contributed by atoms with Crippen LogP contribution in [0.25, 0.3) is 11.3 Å². The van der Waals surface area contributed by atoms with Crippen molar-refractivity contribution in [3.63, 3.8) is 0 Å². The molecule has 166 valence electrons. The maximum absolute atomic E-state index is 12.9. The standard InChI is InChI=1S/C22H30N6O3/c1-16(2)28-9-8-23-19(15-28)21(29)26-10-12-27(13-11-26)22(30)24-20-14-18(25-31-20)17-6-4-3-5-7-17/h3-7,14,16,19,23H,8-13,15H2,1-2H3,(H,24,30)/t19-/m1/s1. The zero-order valence-corrected chi connectivity index (χ0v) is 18.1. The van der Waals surface area contributed by atoms with Crippen LogP contribution in [-0.2, 0) is 4.79 Å². The van der Waals surface area contributed by atoms with E-state index in [4.69, 9.17) is 4.52 Å². The highest BCUT2D eigenvalue weighted by Crippen LogP contribution is 2.21. The van der Waals surface area contributed by atoms with E-state index in [1.54, 1.807) is 11.0 Å². The number of hydrogen-bond donors (Lipinski definition) is 2. The molecule has 1 atom stereocenters. The highest BCUT2D eigenvalue weighted by atomic mass is 16.5. The third-order valence-electron chi connectivity index (χ3n) is 5.92. The molecule has 9 nitrogen and oxygen atoms in total. The Balaban J connectivity index is 1.27. The summed E-state index contributed by atoms with van der Waals surface area (Å²) < 4.78 is 5.26. The average molecular weight is 427 g/mol. The Kier molecular flexibility index (Phi) is 6.53. The minimum atomic E-state index is -0.246. The van der Waals surface area contributed by atoms with E-state index in [0.29, 0.717) is 43.8 Å². The number of amides is 3. The van der Waals surface area contributed by atoms with Gasteiger partial charge >= 0.3 is 6.03 Å². The average Bonchev–Trinajstić information content (AvgIpc) is 3.28. The minimum absolute atomic E-state index is 0.119. The van der Waals surface area contributed by atoms with Gasteiger partial charge < -0.3 is 19.6 Å². The van der Waals surface area contributed by atoms with E-state index < -0.39 is 0 Å². The van der Waals surface area contributed by atoms with Crippen molar-refractivity contribution in [2.24, 2.45) is 0 Å². The van der Waals surface area contributed by atoms with Crippen molar-refractivity contribution in [2.45, 2.75) is 25.9 Å². The van der Waals surface area contributed by atoms with Crippen LogP contribution in [-0.4, -0.2) is 89.7 Å². The predicted molar refractivity (Wildman–Crippen MR) is 118 cm³/mol. The lowest BCUT2D eigenvalue weighted by atomic mass is 10.1. The van der Waals surface area contributed by atoms with E-state index in [1.807, 2.05) is 35.2 Å². The van der Waals surface area contributed by atoms with Gasteiger partial charge in [0.25, 0.3) is 0 Å². The van der Waals surface area contributed by atoms with Crippen LogP contribution < -0.4 is 10.6 Å². The highest BCUT2D eigenvalue weighted by molar-refractivity contribution is 5.89. The maximum atomic E-state index is 12.9. The number of urea groups is 1. The molecule has 2 saturated heterocycles. The number of carbonyl (C=O) groups is 2. The summed E-state index contributed by atoms with van der Waals surface area (Å²) in [5.74, 6) is 0.427. The van der Waals surface area contributed by atoms with E-state index in [9.17, 15) is 9.59 Å². The lowest BCUT2D eigenvalue weighted by Crippen LogP contribution is -2.61. The monoisotopic (exact) mass is 426 g/mol. The fraction of sp³-hybridized carbons (Fsp3) is 0.500. The molecule has 2 aliphatic heterocycles. The molecule has 0 bridgehead atoms. The molecule has 3 amide bonds. The van der Waals surface area contributed by atoms with Gasteiger partial charge in [0.05, 0.1) is 6.04 Å². The summed E-state index contributed by atoms with van der Waals surface area (Å²) in [6.07, 6.45) is 0. The molecule has 2 aliphatic rings. The number of anilines is 1. The Morgan fingerprint density at radius 2 is 1.81 bits per heavy atom. The smallest absolute Gasteiger partial charge is 0.324 e. The number of nitrogens with zero attached hydrogens (tertiary/aromatic N) is 4. The summed E-state index contributed by atoms with van der Waals surface area (Å²) in [6, 6.07) is 11.4. The molecular formula is C22H30N6O3. The molecule has 0 spiro atoms. The number of nitrogens with one attached hydrogen (secondary N) is 2. The van der Waals surface area contributed by atoms with Crippen LogP contribution in [0.1, 0.15) is 13.8 Å². The first kappa shape index (κ1) is 21.3. The molecule has 2 fully saturated rings. The number of benzene rings is 1. The molecule has 0 saturated carbocycles. The summed E-state index contributed by atoms with van der Waals surface area (Å²) in [7, 11) is 0. The Bertz CT molecular complexity index is 892. The van der Waals surface area contributed by atoms with Crippen molar-refractivity contribution < 1.29 is 14.1 Å². The zero-order chi connectivity index (χ0) is 21.8. The SMILES string of the molecule is CC(C)N1CCN[C@@H](C(=O)N2CCN(C(=O)Nc3cc(-c4ccccc4)no3)CC2)C1. The highest BCUT2D eigenvalue weighted by Gasteiger charge is 2.32. The molecular weight excluding hydrogens is 396 g/mol. The second kappa shape index (κ2) is 9.49. The third-order valence-corrected chi connectivity index (χ3v) is 5.92. The Morgan fingerprint density at radius 3 is 2.52 bits per heavy atom. The number of rotatable bonds is 4. The van der Waals surface area contributed by atoms with Crippen LogP contribution in [0, 0.1) is 0 Å². The van der Waals surface area contributed by atoms with E-state index >= 15 is 0 Å². The number of carbonyl (C=O) groups excluding carboxylic acids is 2. The quantitative estimate of drug-likeness (QED) is 0.773. The largest absolute Gasteiger partial charge is 0.338 e. The van der Waals surface area contributed by atoms with E-state index in [-0.39, 0.29) is 18.0 Å².